The number of fused-ring (bicyclic) bond motifs is 1. The van der Waals surface area contributed by atoms with E-state index in [1.54, 1.807) is 23.6 Å². The molecule has 0 saturated carbocycles. The summed E-state index contributed by atoms with van der Waals surface area (Å²) in [4.78, 5) is 15.7. The molecule has 0 amide bonds. The van der Waals surface area contributed by atoms with Crippen molar-refractivity contribution in [1.82, 2.24) is 9.55 Å². The Morgan fingerprint density at radius 1 is 1.27 bits per heavy atom. The first kappa shape index (κ1) is 18.3. The van der Waals surface area contributed by atoms with Crippen molar-refractivity contribution in [3.63, 3.8) is 0 Å². The number of hydrogen-bond acceptors (Lipinski definition) is 2. The second kappa shape index (κ2) is 6.32. The van der Waals surface area contributed by atoms with Crippen LogP contribution in [-0.4, -0.2) is 20.6 Å². The first-order valence-corrected chi connectivity index (χ1v) is 8.02. The molecule has 0 atom stereocenters. The Kier molecular flexibility index (Phi) is 4.44. The molecule has 26 heavy (non-hydrogen) atoms. The minimum absolute atomic E-state index is 0.0462. The van der Waals surface area contributed by atoms with Crippen LogP contribution in [-0.2, 0) is 12.7 Å². The van der Waals surface area contributed by atoms with Crippen molar-refractivity contribution in [3.8, 4) is 0 Å². The van der Waals surface area contributed by atoms with Crippen LogP contribution < -0.4 is 0 Å². The summed E-state index contributed by atoms with van der Waals surface area (Å²) in [5.74, 6) is -0.682. The van der Waals surface area contributed by atoms with Gasteiger partial charge in [0.1, 0.15) is 11.3 Å². The normalized spacial score (nSPS) is 11.9. The van der Waals surface area contributed by atoms with E-state index in [1.165, 1.54) is 19.1 Å². The summed E-state index contributed by atoms with van der Waals surface area (Å²) in [6.07, 6.45) is -4.44. The Morgan fingerprint density at radius 2 is 1.96 bits per heavy atom. The van der Waals surface area contributed by atoms with Crippen LogP contribution in [0.3, 0.4) is 0 Å². The molecule has 0 spiro atoms. The molecule has 0 aliphatic rings. The van der Waals surface area contributed by atoms with Crippen molar-refractivity contribution >= 4 is 28.6 Å². The topological polar surface area (TPSA) is 55.1 Å². The molecule has 2 aromatic carbocycles. The van der Waals surface area contributed by atoms with E-state index in [-0.39, 0.29) is 28.2 Å². The van der Waals surface area contributed by atoms with E-state index in [0.717, 1.165) is 6.07 Å². The van der Waals surface area contributed by atoms with Crippen molar-refractivity contribution in [1.29, 1.82) is 0 Å². The molecule has 8 heteroatoms. The van der Waals surface area contributed by atoms with Gasteiger partial charge in [-0.1, -0.05) is 23.7 Å². The van der Waals surface area contributed by atoms with Gasteiger partial charge >= 0.3 is 12.1 Å². The molecule has 0 bridgehead atoms. The second-order valence-corrected chi connectivity index (χ2v) is 6.40. The predicted molar refractivity (Wildman–Crippen MR) is 91.7 cm³/mol. The molecule has 3 aromatic rings. The van der Waals surface area contributed by atoms with E-state index in [1.807, 2.05) is 0 Å². The van der Waals surface area contributed by atoms with Gasteiger partial charge in [-0.25, -0.2) is 9.78 Å². The molecule has 1 aromatic heterocycles. The number of nitrogens with zero attached hydrogens (tertiary/aromatic N) is 2. The standard InChI is InChI=1S/C18H14ClF3N2O2/c1-9-11(4-3-5-14(9)18(20,21)22)8-24-10(2)23-16-13(17(25)26)6-12(19)7-15(16)24/h3-7H,8H2,1-2H3,(H,25,26). The Morgan fingerprint density at radius 3 is 2.58 bits per heavy atom. The Hall–Kier alpha value is -2.54. The number of rotatable bonds is 3. The lowest BCUT2D eigenvalue weighted by molar-refractivity contribution is -0.138. The van der Waals surface area contributed by atoms with Crippen LogP contribution in [0, 0.1) is 13.8 Å². The van der Waals surface area contributed by atoms with Crippen LogP contribution in [0.2, 0.25) is 5.02 Å². The highest BCUT2D eigenvalue weighted by molar-refractivity contribution is 6.31. The maximum Gasteiger partial charge on any atom is 0.416 e. The first-order chi connectivity index (χ1) is 12.1. The van der Waals surface area contributed by atoms with E-state index in [0.29, 0.717) is 16.9 Å². The van der Waals surface area contributed by atoms with E-state index < -0.39 is 17.7 Å². The summed E-state index contributed by atoms with van der Waals surface area (Å²) in [5, 5.41) is 9.55. The Bertz CT molecular complexity index is 1030. The van der Waals surface area contributed by atoms with Gasteiger partial charge < -0.3 is 9.67 Å². The van der Waals surface area contributed by atoms with Crippen molar-refractivity contribution < 1.29 is 23.1 Å². The zero-order chi connectivity index (χ0) is 19.2. The molecule has 0 aliphatic heterocycles. The van der Waals surface area contributed by atoms with Gasteiger partial charge in [0, 0.05) is 11.6 Å². The number of imidazole rings is 1. The molecule has 0 radical (unpaired) electrons. The van der Waals surface area contributed by atoms with Crippen LogP contribution in [0.25, 0.3) is 11.0 Å². The molecule has 1 heterocycles. The van der Waals surface area contributed by atoms with Crippen LogP contribution in [0.1, 0.15) is 32.9 Å². The van der Waals surface area contributed by atoms with Gasteiger partial charge in [-0.05, 0) is 43.2 Å². The van der Waals surface area contributed by atoms with Crippen LogP contribution in [0.15, 0.2) is 30.3 Å². The Balaban J connectivity index is 2.17. The number of aromatic nitrogens is 2. The zero-order valence-electron chi connectivity index (χ0n) is 13.9. The van der Waals surface area contributed by atoms with E-state index in [9.17, 15) is 23.1 Å². The van der Waals surface area contributed by atoms with Gasteiger partial charge in [-0.15, -0.1) is 0 Å². The van der Waals surface area contributed by atoms with Crippen LogP contribution in [0.4, 0.5) is 13.2 Å². The molecule has 1 N–H and O–H groups in total. The number of aryl methyl sites for hydroxylation is 1. The molecular weight excluding hydrogens is 369 g/mol. The van der Waals surface area contributed by atoms with Gasteiger partial charge in [0.15, 0.2) is 0 Å². The first-order valence-electron chi connectivity index (χ1n) is 7.65. The predicted octanol–water partition coefficient (Wildman–Crippen LogP) is 5.07. The summed E-state index contributed by atoms with van der Waals surface area (Å²) < 4.78 is 41.1. The van der Waals surface area contributed by atoms with Crippen molar-refractivity contribution in [3.05, 3.63) is 63.4 Å². The lowest BCUT2D eigenvalue weighted by Gasteiger charge is -2.15. The average Bonchev–Trinajstić information content (AvgIpc) is 2.83. The van der Waals surface area contributed by atoms with Crippen molar-refractivity contribution in [2.24, 2.45) is 0 Å². The summed E-state index contributed by atoms with van der Waals surface area (Å²) in [5.41, 5.74) is 0.575. The number of alkyl halides is 3. The van der Waals surface area contributed by atoms with Crippen LogP contribution in [0.5, 0.6) is 0 Å². The smallest absolute Gasteiger partial charge is 0.416 e. The monoisotopic (exact) mass is 382 g/mol. The van der Waals surface area contributed by atoms with E-state index in [2.05, 4.69) is 4.98 Å². The maximum absolute atomic E-state index is 13.1. The fraction of sp³-hybridized carbons (Fsp3) is 0.222. The zero-order valence-corrected chi connectivity index (χ0v) is 14.6. The minimum Gasteiger partial charge on any atom is -0.478 e. The van der Waals surface area contributed by atoms with Crippen molar-refractivity contribution in [2.45, 2.75) is 26.6 Å². The summed E-state index contributed by atoms with van der Waals surface area (Å²) in [6, 6.07) is 6.87. The second-order valence-electron chi connectivity index (χ2n) is 5.96. The van der Waals surface area contributed by atoms with Crippen LogP contribution >= 0.6 is 11.6 Å². The largest absolute Gasteiger partial charge is 0.478 e. The number of halogens is 4. The van der Waals surface area contributed by atoms with Gasteiger partial charge in [-0.3, -0.25) is 0 Å². The fourth-order valence-electron chi connectivity index (χ4n) is 3.00. The molecule has 4 nitrogen and oxygen atoms in total. The molecule has 136 valence electrons. The molecular formula is C18H14ClF3N2O2. The summed E-state index contributed by atoms with van der Waals surface area (Å²) in [7, 11) is 0. The number of carboxylic acids is 1. The quantitative estimate of drug-likeness (QED) is 0.688. The highest BCUT2D eigenvalue weighted by Crippen LogP contribution is 2.34. The van der Waals surface area contributed by atoms with Gasteiger partial charge in [-0.2, -0.15) is 13.2 Å². The van der Waals surface area contributed by atoms with Gasteiger partial charge in [0.05, 0.1) is 16.6 Å². The fourth-order valence-corrected chi connectivity index (χ4v) is 3.21. The Labute approximate surface area is 151 Å². The van der Waals surface area contributed by atoms with Gasteiger partial charge in [0.25, 0.3) is 0 Å². The number of aromatic carboxylic acids is 1. The maximum atomic E-state index is 13.1. The summed E-state index contributed by atoms with van der Waals surface area (Å²) in [6.45, 7) is 3.21. The lowest BCUT2D eigenvalue weighted by Crippen LogP contribution is -2.11. The third-order valence-electron chi connectivity index (χ3n) is 4.32. The van der Waals surface area contributed by atoms with E-state index >= 15 is 0 Å². The minimum atomic E-state index is -4.44. The third kappa shape index (κ3) is 3.14. The molecule has 0 fully saturated rings. The lowest BCUT2D eigenvalue weighted by atomic mass is 10.0. The highest BCUT2D eigenvalue weighted by atomic mass is 35.5. The molecule has 3 rings (SSSR count). The SMILES string of the molecule is Cc1c(Cn2c(C)nc3c(C(=O)O)cc(Cl)cc32)cccc1C(F)(F)F. The summed E-state index contributed by atoms with van der Waals surface area (Å²) >= 11 is 6.02. The van der Waals surface area contributed by atoms with E-state index in [4.69, 9.17) is 11.6 Å². The molecule has 0 aliphatic carbocycles. The molecule has 0 saturated heterocycles. The van der Waals surface area contributed by atoms with Crippen molar-refractivity contribution in [2.75, 3.05) is 0 Å². The number of carbonyl (C=O) groups is 1. The number of carboxylic acid groups (broad SMARTS) is 1. The number of benzene rings is 2. The molecule has 0 unspecified atom stereocenters. The number of hydrogen-bond donors (Lipinski definition) is 1. The highest BCUT2D eigenvalue weighted by Gasteiger charge is 2.32. The average molecular weight is 383 g/mol. The third-order valence-corrected chi connectivity index (χ3v) is 4.54. The van der Waals surface area contributed by atoms with Gasteiger partial charge in [0.2, 0.25) is 0 Å².